The smallest absolute Gasteiger partial charge is 0.232 e. The van der Waals surface area contributed by atoms with Gasteiger partial charge in [0.25, 0.3) is 0 Å². The minimum absolute atomic E-state index is 0.0644. The monoisotopic (exact) mass is 310 g/mol. The van der Waals surface area contributed by atoms with E-state index in [9.17, 15) is 4.79 Å². The van der Waals surface area contributed by atoms with Gasteiger partial charge in [-0.15, -0.1) is 0 Å². The Morgan fingerprint density at radius 3 is 1.83 bits per heavy atom. The molecular formula is C20H26N2O. The zero-order valence-corrected chi connectivity index (χ0v) is 14.0. The Bertz CT molecular complexity index is 540. The first-order valence-corrected chi connectivity index (χ1v) is 8.36. The molecule has 0 bridgehead atoms. The molecule has 23 heavy (non-hydrogen) atoms. The molecule has 2 rings (SSSR count). The van der Waals surface area contributed by atoms with Gasteiger partial charge >= 0.3 is 0 Å². The van der Waals surface area contributed by atoms with Crippen molar-refractivity contribution in [3.8, 4) is 0 Å². The van der Waals surface area contributed by atoms with E-state index < -0.39 is 0 Å². The van der Waals surface area contributed by atoms with Gasteiger partial charge in [0.05, 0.1) is 5.92 Å². The number of hydrogen-bond donors (Lipinski definition) is 1. The molecule has 122 valence electrons. The van der Waals surface area contributed by atoms with Gasteiger partial charge in [0.2, 0.25) is 5.91 Å². The van der Waals surface area contributed by atoms with E-state index in [1.807, 2.05) is 60.7 Å². The molecule has 2 aromatic rings. The van der Waals surface area contributed by atoms with E-state index in [2.05, 4.69) is 24.1 Å². The van der Waals surface area contributed by atoms with Gasteiger partial charge in [-0.2, -0.15) is 0 Å². The lowest BCUT2D eigenvalue weighted by Gasteiger charge is -2.21. The highest BCUT2D eigenvalue weighted by Crippen LogP contribution is 2.24. The third-order valence-corrected chi connectivity index (χ3v) is 4.15. The second kappa shape index (κ2) is 9.11. The van der Waals surface area contributed by atoms with E-state index in [0.717, 1.165) is 30.8 Å². The largest absolute Gasteiger partial charge is 0.354 e. The van der Waals surface area contributed by atoms with Crippen molar-refractivity contribution in [2.24, 2.45) is 0 Å². The molecule has 0 saturated heterocycles. The van der Waals surface area contributed by atoms with Crippen molar-refractivity contribution in [3.63, 3.8) is 0 Å². The van der Waals surface area contributed by atoms with Gasteiger partial charge in [0, 0.05) is 13.1 Å². The molecule has 0 atom stereocenters. The lowest BCUT2D eigenvalue weighted by atomic mass is 9.90. The molecule has 0 radical (unpaired) electrons. The van der Waals surface area contributed by atoms with Crippen molar-refractivity contribution in [3.05, 3.63) is 71.8 Å². The first kappa shape index (κ1) is 17.2. The predicted octanol–water partition coefficient (Wildman–Crippen LogP) is 3.28. The molecule has 3 nitrogen and oxygen atoms in total. The van der Waals surface area contributed by atoms with Crippen LogP contribution >= 0.6 is 0 Å². The zero-order chi connectivity index (χ0) is 16.5. The number of benzene rings is 2. The normalized spacial score (nSPS) is 11.0. The molecule has 0 fully saturated rings. The van der Waals surface area contributed by atoms with Crippen LogP contribution in [0.15, 0.2) is 60.7 Å². The Labute approximate surface area is 139 Å². The molecule has 0 aliphatic carbocycles. The molecule has 1 N–H and O–H groups in total. The first-order valence-electron chi connectivity index (χ1n) is 8.36. The summed E-state index contributed by atoms with van der Waals surface area (Å²) in [7, 11) is 0. The Hall–Kier alpha value is -2.13. The Kier molecular flexibility index (Phi) is 6.82. The molecule has 2 aromatic carbocycles. The summed E-state index contributed by atoms with van der Waals surface area (Å²) in [4.78, 5) is 15.1. The van der Waals surface area contributed by atoms with E-state index in [4.69, 9.17) is 0 Å². The van der Waals surface area contributed by atoms with Gasteiger partial charge in [-0.05, 0) is 24.2 Å². The summed E-state index contributed by atoms with van der Waals surface area (Å²) in [6.07, 6.45) is 0. The van der Waals surface area contributed by atoms with Gasteiger partial charge in [-0.3, -0.25) is 4.79 Å². The minimum Gasteiger partial charge on any atom is -0.354 e. The third kappa shape index (κ3) is 4.93. The molecule has 3 heteroatoms. The van der Waals surface area contributed by atoms with Gasteiger partial charge in [-0.25, -0.2) is 0 Å². The fourth-order valence-corrected chi connectivity index (χ4v) is 2.77. The summed E-state index contributed by atoms with van der Waals surface area (Å²) in [6.45, 7) is 7.86. The average molecular weight is 310 g/mol. The van der Waals surface area contributed by atoms with E-state index in [-0.39, 0.29) is 11.8 Å². The van der Waals surface area contributed by atoms with E-state index in [1.165, 1.54) is 0 Å². The molecule has 0 spiro atoms. The van der Waals surface area contributed by atoms with Crippen LogP contribution in [0.5, 0.6) is 0 Å². The second-order valence-electron chi connectivity index (χ2n) is 5.57. The minimum atomic E-state index is -0.255. The maximum absolute atomic E-state index is 12.8. The Morgan fingerprint density at radius 1 is 0.913 bits per heavy atom. The third-order valence-electron chi connectivity index (χ3n) is 4.15. The van der Waals surface area contributed by atoms with Crippen LogP contribution in [0.2, 0.25) is 0 Å². The molecule has 0 aromatic heterocycles. The summed E-state index contributed by atoms with van der Waals surface area (Å²) < 4.78 is 0. The van der Waals surface area contributed by atoms with Gasteiger partial charge < -0.3 is 10.2 Å². The van der Waals surface area contributed by atoms with E-state index in [1.54, 1.807) is 0 Å². The van der Waals surface area contributed by atoms with Crippen LogP contribution in [-0.2, 0) is 4.79 Å². The van der Waals surface area contributed by atoms with Crippen LogP contribution < -0.4 is 5.32 Å². The SMILES string of the molecule is CCN(CC)CCNC(=O)C(c1ccccc1)c1ccccc1. The average Bonchev–Trinajstić information content (AvgIpc) is 2.61. The Morgan fingerprint density at radius 2 is 1.39 bits per heavy atom. The zero-order valence-electron chi connectivity index (χ0n) is 14.0. The summed E-state index contributed by atoms with van der Waals surface area (Å²) in [6, 6.07) is 19.9. The number of nitrogens with one attached hydrogen (secondary N) is 1. The number of carbonyl (C=O) groups is 1. The first-order chi connectivity index (χ1) is 11.3. The van der Waals surface area contributed by atoms with Crippen molar-refractivity contribution < 1.29 is 4.79 Å². The summed E-state index contributed by atoms with van der Waals surface area (Å²) >= 11 is 0. The summed E-state index contributed by atoms with van der Waals surface area (Å²) in [5.74, 6) is -0.191. The fraction of sp³-hybridized carbons (Fsp3) is 0.350. The number of likely N-dealkylation sites (N-methyl/N-ethyl adjacent to an activating group) is 1. The Balaban J connectivity index is 2.10. The molecule has 0 unspecified atom stereocenters. The number of nitrogens with zero attached hydrogens (tertiary/aromatic N) is 1. The fourth-order valence-electron chi connectivity index (χ4n) is 2.77. The molecule has 0 aliphatic rings. The van der Waals surface area contributed by atoms with E-state index in [0.29, 0.717) is 6.54 Å². The highest BCUT2D eigenvalue weighted by atomic mass is 16.1. The van der Waals surface area contributed by atoms with Crippen molar-refractivity contribution in [1.29, 1.82) is 0 Å². The van der Waals surface area contributed by atoms with Crippen LogP contribution in [0.1, 0.15) is 30.9 Å². The highest BCUT2D eigenvalue weighted by molar-refractivity contribution is 5.87. The standard InChI is InChI=1S/C20H26N2O/c1-3-22(4-2)16-15-21-20(23)19(17-11-7-5-8-12-17)18-13-9-6-10-14-18/h5-14,19H,3-4,15-16H2,1-2H3,(H,21,23). The topological polar surface area (TPSA) is 32.3 Å². The van der Waals surface area contributed by atoms with Crippen molar-refractivity contribution in [2.45, 2.75) is 19.8 Å². The number of amides is 1. The van der Waals surface area contributed by atoms with Crippen LogP contribution in [0, 0.1) is 0 Å². The molecule has 1 amide bonds. The highest BCUT2D eigenvalue weighted by Gasteiger charge is 2.22. The maximum Gasteiger partial charge on any atom is 0.232 e. The molecule has 0 aliphatic heterocycles. The molecular weight excluding hydrogens is 284 g/mol. The maximum atomic E-state index is 12.8. The number of rotatable bonds is 8. The van der Waals surface area contributed by atoms with Crippen molar-refractivity contribution in [2.75, 3.05) is 26.2 Å². The summed E-state index contributed by atoms with van der Waals surface area (Å²) in [5.41, 5.74) is 2.05. The molecule has 0 heterocycles. The predicted molar refractivity (Wildman–Crippen MR) is 95.5 cm³/mol. The van der Waals surface area contributed by atoms with Crippen molar-refractivity contribution >= 4 is 5.91 Å². The quantitative estimate of drug-likeness (QED) is 0.811. The molecule has 0 saturated carbocycles. The van der Waals surface area contributed by atoms with Crippen molar-refractivity contribution in [1.82, 2.24) is 10.2 Å². The lowest BCUT2D eigenvalue weighted by Crippen LogP contribution is -2.37. The van der Waals surface area contributed by atoms with Gasteiger partial charge in [0.1, 0.15) is 0 Å². The lowest BCUT2D eigenvalue weighted by molar-refractivity contribution is -0.121. The van der Waals surface area contributed by atoms with Crippen LogP contribution in [0.3, 0.4) is 0 Å². The van der Waals surface area contributed by atoms with Gasteiger partial charge in [0.15, 0.2) is 0 Å². The second-order valence-corrected chi connectivity index (χ2v) is 5.57. The summed E-state index contributed by atoms with van der Waals surface area (Å²) in [5, 5.41) is 3.10. The van der Waals surface area contributed by atoms with Crippen LogP contribution in [-0.4, -0.2) is 37.0 Å². The number of carbonyl (C=O) groups excluding carboxylic acids is 1. The van der Waals surface area contributed by atoms with Gasteiger partial charge in [-0.1, -0.05) is 74.5 Å². The number of hydrogen-bond acceptors (Lipinski definition) is 2. The van der Waals surface area contributed by atoms with Crippen LogP contribution in [0.4, 0.5) is 0 Å². The van der Waals surface area contributed by atoms with E-state index >= 15 is 0 Å². The van der Waals surface area contributed by atoms with Crippen LogP contribution in [0.25, 0.3) is 0 Å².